The maximum Gasteiger partial charge on any atom is 0.364 e. The fraction of sp³-hybridized carbons (Fsp3) is 0.250. The van der Waals surface area contributed by atoms with Gasteiger partial charge in [0.15, 0.2) is 6.10 Å². The van der Waals surface area contributed by atoms with Crippen molar-refractivity contribution < 1.29 is 14.8 Å². The highest BCUT2D eigenvalue weighted by atomic mass is 79.9. The van der Waals surface area contributed by atoms with Gasteiger partial charge in [-0.3, -0.25) is 10.1 Å². The van der Waals surface area contributed by atoms with Crippen molar-refractivity contribution in [1.29, 1.82) is 0 Å². The van der Waals surface area contributed by atoms with E-state index in [1.807, 2.05) is 19.1 Å². The maximum atomic E-state index is 11.7. The summed E-state index contributed by atoms with van der Waals surface area (Å²) >= 11 is 13.0. The summed E-state index contributed by atoms with van der Waals surface area (Å²) in [5.41, 5.74) is 1.78. The van der Waals surface area contributed by atoms with Gasteiger partial charge in [-0.2, -0.15) is 0 Å². The molecule has 0 fully saturated rings. The molecule has 24 heavy (non-hydrogen) atoms. The van der Waals surface area contributed by atoms with Gasteiger partial charge >= 0.3 is 5.00 Å². The predicted octanol–water partition coefficient (Wildman–Crippen LogP) is 4.90. The molecule has 1 aliphatic heterocycles. The van der Waals surface area contributed by atoms with Gasteiger partial charge in [0, 0.05) is 15.6 Å². The molecule has 0 aromatic heterocycles. The van der Waals surface area contributed by atoms with Gasteiger partial charge in [0.25, 0.3) is 0 Å². The van der Waals surface area contributed by atoms with Gasteiger partial charge in [-0.05, 0) is 46.6 Å². The average Bonchev–Trinajstić information content (AvgIpc) is 2.52. The predicted molar refractivity (Wildman–Crippen MR) is 96.9 cm³/mol. The van der Waals surface area contributed by atoms with Gasteiger partial charge < -0.3 is 9.84 Å². The van der Waals surface area contributed by atoms with E-state index in [1.54, 1.807) is 24.3 Å². The quantitative estimate of drug-likeness (QED) is 0.289. The number of aryl methyl sites for hydroxylation is 1. The fourth-order valence-electron chi connectivity index (χ4n) is 2.71. The molecule has 3 atom stereocenters. The minimum absolute atomic E-state index is 0.256. The highest BCUT2D eigenvalue weighted by Gasteiger charge is 2.62. The Morgan fingerprint density at radius 1 is 1.29 bits per heavy atom. The van der Waals surface area contributed by atoms with Crippen LogP contribution in [0.2, 0.25) is 0 Å². The fourth-order valence-corrected chi connectivity index (χ4v) is 4.35. The molecule has 0 spiro atoms. The molecule has 0 amide bonds. The molecule has 3 rings (SSSR count). The van der Waals surface area contributed by atoms with Crippen LogP contribution in [-0.4, -0.2) is 15.0 Å². The van der Waals surface area contributed by atoms with Crippen LogP contribution in [0.25, 0.3) is 0 Å². The molecule has 1 N–H and O–H groups in total. The second-order valence-corrected chi connectivity index (χ2v) is 7.98. The third-order valence-electron chi connectivity index (χ3n) is 3.98. The van der Waals surface area contributed by atoms with E-state index in [-0.39, 0.29) is 5.56 Å². The number of benzene rings is 2. The van der Waals surface area contributed by atoms with E-state index in [0.29, 0.717) is 20.3 Å². The summed E-state index contributed by atoms with van der Waals surface area (Å²) < 4.78 is 7.11. The smallest absolute Gasteiger partial charge is 0.364 e. The van der Waals surface area contributed by atoms with Crippen LogP contribution < -0.4 is 4.74 Å². The summed E-state index contributed by atoms with van der Waals surface area (Å²) in [6.45, 7) is 1.91. The van der Waals surface area contributed by atoms with Crippen molar-refractivity contribution in [1.82, 2.24) is 0 Å². The van der Waals surface area contributed by atoms with Crippen LogP contribution >= 0.6 is 43.5 Å². The third kappa shape index (κ3) is 2.73. The number of ether oxygens (including phenoxy) is 1. The minimum atomic E-state index is -2.23. The Hall–Kier alpha value is -1.15. The highest BCUT2D eigenvalue weighted by Crippen LogP contribution is 2.53. The molecular weight excluding hydrogens is 465 g/mol. The normalized spacial score (nSPS) is 25.7. The largest absolute Gasteiger partial charge is 0.475 e. The van der Waals surface area contributed by atoms with Crippen LogP contribution in [0.15, 0.2) is 45.3 Å². The molecule has 0 bridgehead atoms. The van der Waals surface area contributed by atoms with Crippen LogP contribution in [0, 0.1) is 17.0 Å². The molecule has 2 aromatic carbocycles. The van der Waals surface area contributed by atoms with Crippen LogP contribution in [0.4, 0.5) is 0 Å². The van der Waals surface area contributed by atoms with Crippen molar-refractivity contribution >= 4 is 43.5 Å². The Kier molecular flexibility index (Phi) is 4.63. The molecule has 1 heterocycles. The Morgan fingerprint density at radius 2 is 1.92 bits per heavy atom. The molecule has 8 heteroatoms. The number of nitrogens with zero attached hydrogens (tertiary/aromatic N) is 1. The van der Waals surface area contributed by atoms with Crippen molar-refractivity contribution in [3.63, 3.8) is 0 Å². The first kappa shape index (κ1) is 17.7. The number of aliphatic hydroxyl groups excluding tert-OH is 1. The first-order valence-corrected chi connectivity index (χ1v) is 8.95. The standard InChI is InChI=1S/C16H12Br2ClNO4/c1-8-2-4-9(5-3-8)15-16(19,20(22)23)14(21)11-6-10(17)7-12(18)13(11)24-15/h2-7,14-15,21H,1H3/t14-,15-,16+/m0/s1. The first-order chi connectivity index (χ1) is 11.2. The third-order valence-corrected chi connectivity index (χ3v) is 5.57. The summed E-state index contributed by atoms with van der Waals surface area (Å²) in [5, 5.41) is 22.4. The average molecular weight is 478 g/mol. The van der Waals surface area contributed by atoms with Crippen molar-refractivity contribution in [3.8, 4) is 5.75 Å². The molecule has 0 unspecified atom stereocenters. The van der Waals surface area contributed by atoms with Crippen molar-refractivity contribution in [2.75, 3.05) is 0 Å². The molecule has 0 saturated heterocycles. The van der Waals surface area contributed by atoms with Crippen molar-refractivity contribution in [2.24, 2.45) is 0 Å². The van der Waals surface area contributed by atoms with Gasteiger partial charge in [-0.25, -0.2) is 0 Å². The minimum Gasteiger partial charge on any atom is -0.475 e. The zero-order valence-corrected chi connectivity index (χ0v) is 16.3. The zero-order chi connectivity index (χ0) is 17.6. The molecule has 1 aliphatic rings. The second-order valence-electron chi connectivity index (χ2n) is 5.60. The first-order valence-electron chi connectivity index (χ1n) is 6.98. The van der Waals surface area contributed by atoms with E-state index in [4.69, 9.17) is 16.3 Å². The van der Waals surface area contributed by atoms with Crippen LogP contribution in [0.5, 0.6) is 5.75 Å². The van der Waals surface area contributed by atoms with Crippen LogP contribution in [0.1, 0.15) is 28.9 Å². The monoisotopic (exact) mass is 475 g/mol. The van der Waals surface area contributed by atoms with Gasteiger partial charge in [-0.1, -0.05) is 45.8 Å². The van der Waals surface area contributed by atoms with Gasteiger partial charge in [0.05, 0.1) is 9.40 Å². The van der Waals surface area contributed by atoms with E-state index in [1.165, 1.54) is 0 Å². The summed E-state index contributed by atoms with van der Waals surface area (Å²) in [6.07, 6.45) is -2.69. The highest BCUT2D eigenvalue weighted by molar-refractivity contribution is 9.11. The molecule has 5 nitrogen and oxygen atoms in total. The number of aliphatic hydroxyl groups is 1. The van der Waals surface area contributed by atoms with E-state index < -0.39 is 22.1 Å². The Bertz CT molecular complexity index is 814. The summed E-state index contributed by atoms with van der Waals surface area (Å²) in [6, 6.07) is 10.4. The van der Waals surface area contributed by atoms with Crippen LogP contribution in [-0.2, 0) is 0 Å². The Morgan fingerprint density at radius 3 is 2.50 bits per heavy atom. The molecular formula is C16H12Br2ClNO4. The van der Waals surface area contributed by atoms with E-state index in [2.05, 4.69) is 31.9 Å². The van der Waals surface area contributed by atoms with Crippen molar-refractivity contribution in [2.45, 2.75) is 24.1 Å². The lowest BCUT2D eigenvalue weighted by Crippen LogP contribution is -2.49. The lowest BCUT2D eigenvalue weighted by molar-refractivity contribution is -0.570. The Labute approximate surface area is 160 Å². The SMILES string of the molecule is Cc1ccc([C@@H]2Oc3c(Br)cc(Br)cc3[C@H](O)[C@@]2(Cl)[N+](=O)[O-])cc1. The molecule has 0 radical (unpaired) electrons. The zero-order valence-electron chi connectivity index (χ0n) is 12.4. The number of hydrogen-bond donors (Lipinski definition) is 1. The number of fused-ring (bicyclic) bond motifs is 1. The number of hydrogen-bond acceptors (Lipinski definition) is 4. The number of rotatable bonds is 2. The molecule has 0 aliphatic carbocycles. The molecule has 0 saturated carbocycles. The van der Waals surface area contributed by atoms with Gasteiger partial charge in [0.2, 0.25) is 6.10 Å². The van der Waals surface area contributed by atoms with Gasteiger partial charge in [-0.15, -0.1) is 0 Å². The van der Waals surface area contributed by atoms with E-state index in [0.717, 1.165) is 5.56 Å². The molecule has 2 aromatic rings. The summed E-state index contributed by atoms with van der Waals surface area (Å²) in [4.78, 5) is 8.80. The Balaban J connectivity index is 2.21. The topological polar surface area (TPSA) is 72.6 Å². The maximum absolute atomic E-state index is 11.7. The second kappa shape index (κ2) is 6.29. The van der Waals surface area contributed by atoms with E-state index in [9.17, 15) is 15.2 Å². The van der Waals surface area contributed by atoms with E-state index >= 15 is 0 Å². The number of halogens is 3. The number of nitro groups is 1. The number of alkyl halides is 1. The molecule has 126 valence electrons. The summed E-state index contributed by atoms with van der Waals surface area (Å²) in [7, 11) is 0. The lowest BCUT2D eigenvalue weighted by Gasteiger charge is -2.37. The lowest BCUT2D eigenvalue weighted by atomic mass is 9.89. The van der Waals surface area contributed by atoms with Crippen molar-refractivity contribution in [3.05, 3.63) is 72.1 Å². The van der Waals surface area contributed by atoms with Crippen LogP contribution in [0.3, 0.4) is 0 Å². The summed E-state index contributed by atoms with van der Waals surface area (Å²) in [5.74, 6) is 0.342. The van der Waals surface area contributed by atoms with Gasteiger partial charge in [0.1, 0.15) is 5.75 Å².